The fourth-order valence-corrected chi connectivity index (χ4v) is 4.93. The molecule has 0 spiro atoms. The van der Waals surface area contributed by atoms with Crippen molar-refractivity contribution < 1.29 is 17.9 Å². The van der Waals surface area contributed by atoms with Gasteiger partial charge >= 0.3 is 0 Å². The third kappa shape index (κ3) is 5.30. The summed E-state index contributed by atoms with van der Waals surface area (Å²) in [6, 6.07) is 10.2. The topological polar surface area (TPSA) is 97.4 Å². The highest BCUT2D eigenvalue weighted by Gasteiger charge is 2.27. The van der Waals surface area contributed by atoms with Crippen molar-refractivity contribution in [1.29, 1.82) is 0 Å². The highest BCUT2D eigenvalue weighted by molar-refractivity contribution is 7.89. The number of sulfonamides is 1. The second kappa shape index (κ2) is 8.70. The first-order valence-corrected chi connectivity index (χ1v) is 10.8. The maximum absolute atomic E-state index is 12.8. The van der Waals surface area contributed by atoms with E-state index in [0.717, 1.165) is 12.8 Å². The molecule has 7 nitrogen and oxygen atoms in total. The largest absolute Gasteiger partial charge is 0.474 e. The van der Waals surface area contributed by atoms with Gasteiger partial charge < -0.3 is 10.1 Å². The van der Waals surface area contributed by atoms with Crippen LogP contribution in [0.5, 0.6) is 5.88 Å². The van der Waals surface area contributed by atoms with Gasteiger partial charge in [0, 0.05) is 30.9 Å². The van der Waals surface area contributed by atoms with Crippen LogP contribution in [0.4, 0.5) is 5.69 Å². The predicted octanol–water partition coefficient (Wildman–Crippen LogP) is 3.02. The number of aromatic nitrogens is 1. The SMILES string of the molecule is CC(=O)Nc1ccc(S(=O)(=O)NC2CCC(Oc3ccccn3)CC2)c(C)c1. The lowest BCUT2D eigenvalue weighted by molar-refractivity contribution is -0.114. The Morgan fingerprint density at radius 1 is 1.14 bits per heavy atom. The molecule has 3 rings (SSSR count). The predicted molar refractivity (Wildman–Crippen MR) is 107 cm³/mol. The summed E-state index contributed by atoms with van der Waals surface area (Å²) in [6.45, 7) is 3.13. The maximum atomic E-state index is 12.8. The minimum absolute atomic E-state index is 0.0503. The molecule has 1 saturated carbocycles. The first-order valence-electron chi connectivity index (χ1n) is 9.32. The maximum Gasteiger partial charge on any atom is 0.241 e. The number of hydrogen-bond acceptors (Lipinski definition) is 5. The fourth-order valence-electron chi connectivity index (χ4n) is 3.40. The lowest BCUT2D eigenvalue weighted by Gasteiger charge is -2.29. The van der Waals surface area contributed by atoms with E-state index in [1.54, 1.807) is 25.3 Å². The molecule has 2 aromatic rings. The molecular weight excluding hydrogens is 378 g/mol. The van der Waals surface area contributed by atoms with Crippen LogP contribution in [-0.4, -0.2) is 31.5 Å². The van der Waals surface area contributed by atoms with E-state index in [1.165, 1.54) is 13.0 Å². The number of ether oxygens (including phenoxy) is 1. The molecule has 0 bridgehead atoms. The quantitative estimate of drug-likeness (QED) is 0.773. The third-order valence-electron chi connectivity index (χ3n) is 4.71. The number of pyridine rings is 1. The molecule has 1 aromatic heterocycles. The molecule has 1 aliphatic carbocycles. The van der Waals surface area contributed by atoms with Gasteiger partial charge in [-0.2, -0.15) is 0 Å². The van der Waals surface area contributed by atoms with Crippen LogP contribution < -0.4 is 14.8 Å². The number of benzene rings is 1. The molecule has 28 heavy (non-hydrogen) atoms. The number of amides is 1. The number of carbonyl (C=O) groups is 1. The second-order valence-electron chi connectivity index (χ2n) is 7.04. The molecule has 0 unspecified atom stereocenters. The zero-order chi connectivity index (χ0) is 20.1. The van der Waals surface area contributed by atoms with Gasteiger partial charge in [0.2, 0.25) is 21.8 Å². The molecule has 8 heteroatoms. The van der Waals surface area contributed by atoms with Crippen LogP contribution in [0.15, 0.2) is 47.5 Å². The van der Waals surface area contributed by atoms with E-state index in [0.29, 0.717) is 30.0 Å². The number of rotatable bonds is 6. The van der Waals surface area contributed by atoms with Crippen molar-refractivity contribution >= 4 is 21.6 Å². The van der Waals surface area contributed by atoms with Crippen molar-refractivity contribution in [3.63, 3.8) is 0 Å². The molecule has 1 aliphatic rings. The number of hydrogen-bond donors (Lipinski definition) is 2. The van der Waals surface area contributed by atoms with Gasteiger partial charge in [-0.15, -0.1) is 0 Å². The van der Waals surface area contributed by atoms with Crippen LogP contribution in [0.2, 0.25) is 0 Å². The summed E-state index contributed by atoms with van der Waals surface area (Å²) in [6.07, 6.45) is 4.69. The van der Waals surface area contributed by atoms with Gasteiger partial charge in [0.05, 0.1) is 4.90 Å². The van der Waals surface area contributed by atoms with Crippen LogP contribution in [0.1, 0.15) is 38.2 Å². The van der Waals surface area contributed by atoms with Crippen LogP contribution >= 0.6 is 0 Å². The molecular formula is C20H25N3O4S. The van der Waals surface area contributed by atoms with Gasteiger partial charge in [-0.1, -0.05) is 6.07 Å². The van der Waals surface area contributed by atoms with Gasteiger partial charge in [0.25, 0.3) is 0 Å². The summed E-state index contributed by atoms with van der Waals surface area (Å²) in [5, 5.41) is 2.66. The Kier molecular flexibility index (Phi) is 6.31. The molecule has 0 atom stereocenters. The molecule has 1 amide bonds. The monoisotopic (exact) mass is 403 g/mol. The van der Waals surface area contributed by atoms with E-state index in [-0.39, 0.29) is 22.9 Å². The number of nitrogens with one attached hydrogen (secondary N) is 2. The molecule has 150 valence electrons. The highest BCUT2D eigenvalue weighted by Crippen LogP contribution is 2.25. The molecule has 1 aromatic carbocycles. The van der Waals surface area contributed by atoms with Crippen LogP contribution in [0, 0.1) is 6.92 Å². The molecule has 0 aliphatic heterocycles. The van der Waals surface area contributed by atoms with Crippen LogP contribution in [-0.2, 0) is 14.8 Å². The van der Waals surface area contributed by atoms with Crippen molar-refractivity contribution in [2.24, 2.45) is 0 Å². The summed E-state index contributed by atoms with van der Waals surface area (Å²) in [5.74, 6) is 0.402. The van der Waals surface area contributed by atoms with Gasteiger partial charge in [-0.3, -0.25) is 4.79 Å². The number of nitrogens with zero attached hydrogens (tertiary/aromatic N) is 1. The molecule has 0 radical (unpaired) electrons. The molecule has 2 N–H and O–H groups in total. The first kappa shape index (κ1) is 20.3. The van der Waals surface area contributed by atoms with E-state index in [2.05, 4.69) is 15.0 Å². The number of anilines is 1. The average Bonchev–Trinajstić information content (AvgIpc) is 2.63. The van der Waals surface area contributed by atoms with Crippen molar-refractivity contribution in [2.45, 2.75) is 56.6 Å². The minimum Gasteiger partial charge on any atom is -0.474 e. The van der Waals surface area contributed by atoms with Crippen LogP contribution in [0.3, 0.4) is 0 Å². The smallest absolute Gasteiger partial charge is 0.241 e. The van der Waals surface area contributed by atoms with E-state index in [9.17, 15) is 13.2 Å². The first-order chi connectivity index (χ1) is 13.3. The highest BCUT2D eigenvalue weighted by atomic mass is 32.2. The van der Waals surface area contributed by atoms with E-state index < -0.39 is 10.0 Å². The van der Waals surface area contributed by atoms with E-state index in [4.69, 9.17) is 4.74 Å². The lowest BCUT2D eigenvalue weighted by Crippen LogP contribution is -2.39. The summed E-state index contributed by atoms with van der Waals surface area (Å²) in [5.41, 5.74) is 1.17. The average molecular weight is 404 g/mol. The Morgan fingerprint density at radius 3 is 2.50 bits per heavy atom. The summed E-state index contributed by atoms with van der Waals surface area (Å²) in [7, 11) is -3.63. The number of carbonyl (C=O) groups excluding carboxylic acids is 1. The fraction of sp³-hybridized carbons (Fsp3) is 0.400. The lowest BCUT2D eigenvalue weighted by atomic mass is 9.94. The Hall–Kier alpha value is -2.45. The Labute approximate surface area is 165 Å². The van der Waals surface area contributed by atoms with Gasteiger partial charge in [0.1, 0.15) is 6.10 Å². The Bertz CT molecular complexity index is 924. The van der Waals surface area contributed by atoms with Gasteiger partial charge in [-0.05, 0) is 62.4 Å². The zero-order valence-corrected chi connectivity index (χ0v) is 16.8. The van der Waals surface area contributed by atoms with E-state index >= 15 is 0 Å². The standard InChI is InChI=1S/C20H25N3O4S/c1-14-13-17(22-15(2)24)8-11-19(14)28(25,26)23-16-6-9-18(10-7-16)27-20-5-3-4-12-21-20/h3-5,8,11-13,16,18,23H,6-7,9-10H2,1-2H3,(H,22,24). The second-order valence-corrected chi connectivity index (χ2v) is 8.72. The minimum atomic E-state index is -3.63. The molecule has 0 saturated heterocycles. The Morgan fingerprint density at radius 2 is 1.89 bits per heavy atom. The van der Waals surface area contributed by atoms with Crippen molar-refractivity contribution in [1.82, 2.24) is 9.71 Å². The van der Waals surface area contributed by atoms with Gasteiger partial charge in [0.15, 0.2) is 0 Å². The molecule has 1 heterocycles. The van der Waals surface area contributed by atoms with Crippen molar-refractivity contribution in [2.75, 3.05) is 5.32 Å². The zero-order valence-electron chi connectivity index (χ0n) is 16.0. The van der Waals surface area contributed by atoms with Crippen LogP contribution in [0.25, 0.3) is 0 Å². The third-order valence-corrected chi connectivity index (χ3v) is 6.39. The Balaban J connectivity index is 1.58. The molecule has 1 fully saturated rings. The summed E-state index contributed by atoms with van der Waals surface area (Å²) in [4.78, 5) is 15.6. The normalized spacial score (nSPS) is 19.8. The summed E-state index contributed by atoms with van der Waals surface area (Å²) < 4.78 is 34.2. The van der Waals surface area contributed by atoms with Crippen molar-refractivity contribution in [3.8, 4) is 5.88 Å². The van der Waals surface area contributed by atoms with Crippen molar-refractivity contribution in [3.05, 3.63) is 48.2 Å². The van der Waals surface area contributed by atoms with Gasteiger partial charge in [-0.25, -0.2) is 18.1 Å². The number of aryl methyl sites for hydroxylation is 1. The summed E-state index contributed by atoms with van der Waals surface area (Å²) >= 11 is 0. The van der Waals surface area contributed by atoms with E-state index in [1.807, 2.05) is 18.2 Å².